The lowest BCUT2D eigenvalue weighted by atomic mass is 10.8. The van der Waals surface area contributed by atoms with Gasteiger partial charge in [-0.15, -0.1) is 10.2 Å². The number of halogens is 1. The molecule has 0 unspecified atom stereocenters. The van der Waals surface area contributed by atoms with Crippen molar-refractivity contribution in [3.8, 4) is 0 Å². The third-order valence-corrected chi connectivity index (χ3v) is 5.03. The first-order valence-corrected chi connectivity index (χ1v) is 7.36. The summed E-state index contributed by atoms with van der Waals surface area (Å²) in [4.78, 5) is 10.5. The zero-order chi connectivity index (χ0) is 11.3. The third-order valence-electron chi connectivity index (χ3n) is 1.08. The van der Waals surface area contributed by atoms with Crippen LogP contribution in [0.1, 0.15) is 0 Å². The summed E-state index contributed by atoms with van der Waals surface area (Å²) in [5.74, 6) is 0.651. The highest BCUT2D eigenvalue weighted by Gasteiger charge is 2.06. The minimum atomic E-state index is -0.349. The van der Waals surface area contributed by atoms with Crippen molar-refractivity contribution in [2.75, 3.05) is 11.5 Å². The molecule has 1 aromatic heterocycles. The highest BCUT2D eigenvalue weighted by atomic mass is 79.9. The first-order chi connectivity index (χ1) is 7.08. The van der Waals surface area contributed by atoms with Crippen molar-refractivity contribution in [1.82, 2.24) is 10.2 Å². The number of nitrogens with two attached hydrogens (primary N) is 1. The molecule has 2 N–H and O–H groups in total. The molecule has 82 valence electrons. The lowest BCUT2D eigenvalue weighted by molar-refractivity contribution is -0.115. The van der Waals surface area contributed by atoms with E-state index in [1.54, 1.807) is 11.8 Å². The number of carbonyl (C=O) groups is 1. The first-order valence-electron chi connectivity index (χ1n) is 3.78. The van der Waals surface area contributed by atoms with Crippen LogP contribution in [0.4, 0.5) is 0 Å². The van der Waals surface area contributed by atoms with Gasteiger partial charge in [0.15, 0.2) is 8.68 Å². The van der Waals surface area contributed by atoms with Crippen LogP contribution in [0.5, 0.6) is 0 Å². The quantitative estimate of drug-likeness (QED) is 0.811. The van der Waals surface area contributed by atoms with Gasteiger partial charge in [-0.05, 0) is 4.48 Å². The summed E-state index contributed by atoms with van der Waals surface area (Å²) < 4.78 is 2.54. The number of nitrogens with zero attached hydrogens (tertiary/aromatic N) is 2. The topological polar surface area (TPSA) is 68.9 Å². The number of carbonyl (C=O) groups excluding carboxylic acids is 1. The molecule has 0 bridgehead atoms. The van der Waals surface area contributed by atoms with Gasteiger partial charge in [0.05, 0.1) is 5.75 Å². The molecule has 0 fully saturated rings. The van der Waals surface area contributed by atoms with E-state index < -0.39 is 0 Å². The molecule has 0 saturated carbocycles. The average molecular weight is 326 g/mol. The normalized spacial score (nSPS) is 10.2. The summed E-state index contributed by atoms with van der Waals surface area (Å²) in [6, 6.07) is 0. The standard InChI is InChI=1S/C7H8BrN3OS3/c1-4(8)2-13-6-10-11-7(15-6)14-3-5(9)12/h1-3H2,(H2,9,12). The maximum Gasteiger partial charge on any atom is 0.227 e. The number of thioether (sulfide) groups is 2. The van der Waals surface area contributed by atoms with E-state index in [1.807, 2.05) is 0 Å². The fourth-order valence-corrected chi connectivity index (χ4v) is 3.44. The number of primary amides is 1. The third kappa shape index (κ3) is 5.55. The monoisotopic (exact) mass is 325 g/mol. The summed E-state index contributed by atoms with van der Waals surface area (Å²) in [6.45, 7) is 3.72. The van der Waals surface area contributed by atoms with E-state index >= 15 is 0 Å². The Bertz CT molecular complexity index is 336. The van der Waals surface area contributed by atoms with E-state index in [0.29, 0.717) is 0 Å². The second-order valence-electron chi connectivity index (χ2n) is 2.39. The first kappa shape index (κ1) is 13.0. The highest BCUT2D eigenvalue weighted by Crippen LogP contribution is 2.29. The lowest BCUT2D eigenvalue weighted by Crippen LogP contribution is -2.12. The molecular formula is C7H8BrN3OS3. The molecule has 1 heterocycles. The van der Waals surface area contributed by atoms with Gasteiger partial charge >= 0.3 is 0 Å². The van der Waals surface area contributed by atoms with Gasteiger partial charge in [-0.2, -0.15) is 0 Å². The molecule has 1 amide bonds. The molecule has 0 spiro atoms. The second-order valence-corrected chi connectivity index (χ2v) is 6.94. The van der Waals surface area contributed by atoms with E-state index in [0.717, 1.165) is 18.9 Å². The molecule has 0 atom stereocenters. The predicted octanol–water partition coefficient (Wildman–Crippen LogP) is 2.12. The highest BCUT2D eigenvalue weighted by molar-refractivity contribution is 9.11. The van der Waals surface area contributed by atoms with E-state index in [9.17, 15) is 4.79 Å². The largest absolute Gasteiger partial charge is 0.369 e. The fraction of sp³-hybridized carbons (Fsp3) is 0.286. The van der Waals surface area contributed by atoms with Gasteiger partial charge in [0, 0.05) is 5.75 Å². The van der Waals surface area contributed by atoms with Crippen LogP contribution in [0.3, 0.4) is 0 Å². The van der Waals surface area contributed by atoms with Crippen LogP contribution in [-0.2, 0) is 4.79 Å². The van der Waals surface area contributed by atoms with Crippen molar-refractivity contribution in [3.63, 3.8) is 0 Å². The molecule has 1 aromatic rings. The smallest absolute Gasteiger partial charge is 0.227 e. The minimum Gasteiger partial charge on any atom is -0.369 e. The van der Waals surface area contributed by atoms with Gasteiger partial charge in [0.25, 0.3) is 0 Å². The number of rotatable bonds is 6. The average Bonchev–Trinajstić information content (AvgIpc) is 2.59. The van der Waals surface area contributed by atoms with Crippen LogP contribution in [0.25, 0.3) is 0 Å². The fourth-order valence-electron chi connectivity index (χ4n) is 0.587. The van der Waals surface area contributed by atoms with E-state index in [1.165, 1.54) is 23.1 Å². The maximum absolute atomic E-state index is 10.5. The molecule has 0 aliphatic heterocycles. The van der Waals surface area contributed by atoms with Crippen LogP contribution < -0.4 is 5.73 Å². The van der Waals surface area contributed by atoms with Crippen molar-refractivity contribution in [2.45, 2.75) is 8.68 Å². The summed E-state index contributed by atoms with van der Waals surface area (Å²) in [6.07, 6.45) is 0. The number of hydrogen-bond acceptors (Lipinski definition) is 6. The molecule has 0 aromatic carbocycles. The molecule has 0 saturated heterocycles. The Hall–Kier alpha value is -0.0500. The van der Waals surface area contributed by atoms with Crippen LogP contribution in [0.15, 0.2) is 19.7 Å². The van der Waals surface area contributed by atoms with Gasteiger partial charge in [0.1, 0.15) is 0 Å². The zero-order valence-corrected chi connectivity index (χ0v) is 11.6. The predicted molar refractivity (Wildman–Crippen MR) is 68.6 cm³/mol. The zero-order valence-electron chi connectivity index (χ0n) is 7.60. The van der Waals surface area contributed by atoms with E-state index in [-0.39, 0.29) is 11.7 Å². The Labute approximate surface area is 108 Å². The Balaban J connectivity index is 2.41. The number of hydrogen-bond donors (Lipinski definition) is 1. The number of amides is 1. The molecule has 0 aliphatic carbocycles. The molecule has 1 rings (SSSR count). The van der Waals surface area contributed by atoms with Crippen molar-refractivity contribution in [1.29, 1.82) is 0 Å². The Morgan fingerprint density at radius 2 is 1.93 bits per heavy atom. The van der Waals surface area contributed by atoms with E-state index in [2.05, 4.69) is 32.7 Å². The SMILES string of the molecule is C=C(Br)CSc1nnc(SCC(N)=O)s1. The van der Waals surface area contributed by atoms with Gasteiger partial charge in [0.2, 0.25) is 5.91 Å². The van der Waals surface area contributed by atoms with Crippen LogP contribution >= 0.6 is 50.8 Å². The van der Waals surface area contributed by atoms with Gasteiger partial charge in [-0.25, -0.2) is 0 Å². The molecule has 8 heteroatoms. The Morgan fingerprint density at radius 3 is 2.40 bits per heavy atom. The minimum absolute atomic E-state index is 0.241. The van der Waals surface area contributed by atoms with Crippen molar-refractivity contribution in [2.24, 2.45) is 5.73 Å². The summed E-state index contributed by atoms with van der Waals surface area (Å²) in [5.41, 5.74) is 5.02. The van der Waals surface area contributed by atoms with E-state index in [4.69, 9.17) is 5.73 Å². The van der Waals surface area contributed by atoms with Crippen molar-refractivity contribution >= 4 is 56.7 Å². The second kappa shape index (κ2) is 6.51. The van der Waals surface area contributed by atoms with Gasteiger partial charge < -0.3 is 5.73 Å². The van der Waals surface area contributed by atoms with Gasteiger partial charge in [-0.1, -0.05) is 57.4 Å². The molecule has 4 nitrogen and oxygen atoms in total. The summed E-state index contributed by atoms with van der Waals surface area (Å²) in [5, 5.41) is 7.89. The molecule has 0 aliphatic rings. The summed E-state index contributed by atoms with van der Waals surface area (Å²) >= 11 is 7.57. The molecular weight excluding hydrogens is 318 g/mol. The molecule has 15 heavy (non-hydrogen) atoms. The molecule has 0 radical (unpaired) electrons. The lowest BCUT2D eigenvalue weighted by Gasteiger charge is -1.91. The Kier molecular flexibility index (Phi) is 5.65. The van der Waals surface area contributed by atoms with Gasteiger partial charge in [-0.3, -0.25) is 4.79 Å². The van der Waals surface area contributed by atoms with Crippen LogP contribution in [-0.4, -0.2) is 27.6 Å². The summed E-state index contributed by atoms with van der Waals surface area (Å²) in [7, 11) is 0. The van der Waals surface area contributed by atoms with Crippen LogP contribution in [0, 0.1) is 0 Å². The van der Waals surface area contributed by atoms with Crippen molar-refractivity contribution < 1.29 is 4.79 Å². The van der Waals surface area contributed by atoms with Crippen LogP contribution in [0.2, 0.25) is 0 Å². The maximum atomic E-state index is 10.5. The van der Waals surface area contributed by atoms with Crippen molar-refractivity contribution in [3.05, 3.63) is 11.1 Å². The number of aromatic nitrogens is 2. The Morgan fingerprint density at radius 1 is 1.40 bits per heavy atom.